The number of carboxylic acid groups (broad SMARTS) is 1. The molecule has 1 saturated carbocycles. The smallest absolute Gasteiger partial charge is 0.309 e. The Morgan fingerprint density at radius 3 is 2.33 bits per heavy atom. The number of hydrogen-bond donors (Lipinski definition) is 1. The van der Waals surface area contributed by atoms with Crippen molar-refractivity contribution in [2.45, 2.75) is 111 Å². The third-order valence-corrected chi connectivity index (χ3v) is 6.09. The number of unbranched alkanes of at least 4 members (excludes halogenated alkanes) is 1. The molecule has 0 spiro atoms. The molecule has 4 atom stereocenters. The van der Waals surface area contributed by atoms with E-state index in [-0.39, 0.29) is 23.9 Å². The molecule has 0 aromatic heterocycles. The summed E-state index contributed by atoms with van der Waals surface area (Å²) >= 11 is 0. The molecule has 1 fully saturated rings. The zero-order valence-corrected chi connectivity index (χ0v) is 18.0. The van der Waals surface area contributed by atoms with Crippen LogP contribution in [0.2, 0.25) is 0 Å². The Balaban J connectivity index is 2.64. The van der Waals surface area contributed by atoms with Crippen LogP contribution in [0.5, 0.6) is 0 Å². The maximum absolute atomic E-state index is 12.7. The van der Waals surface area contributed by atoms with E-state index in [1.807, 2.05) is 0 Å². The molecule has 0 aliphatic heterocycles. The molecule has 0 radical (unpaired) electrons. The highest BCUT2D eigenvalue weighted by Gasteiger charge is 2.33. The minimum atomic E-state index is -0.772. The highest BCUT2D eigenvalue weighted by Crippen LogP contribution is 2.31. The van der Waals surface area contributed by atoms with E-state index in [1.54, 1.807) is 0 Å². The zero-order valence-electron chi connectivity index (χ0n) is 18.0. The molecule has 0 saturated heterocycles. The van der Waals surface area contributed by atoms with Crippen molar-refractivity contribution in [2.24, 2.45) is 23.7 Å². The fourth-order valence-corrected chi connectivity index (χ4v) is 4.22. The van der Waals surface area contributed by atoms with E-state index in [0.717, 1.165) is 44.9 Å². The number of carbonyl (C=O) groups is 2. The molecule has 1 rings (SSSR count). The van der Waals surface area contributed by atoms with Crippen molar-refractivity contribution in [1.82, 2.24) is 0 Å². The van der Waals surface area contributed by atoms with Gasteiger partial charge in [0.1, 0.15) is 6.10 Å². The molecule has 1 aliphatic carbocycles. The van der Waals surface area contributed by atoms with Crippen LogP contribution in [-0.2, 0) is 14.3 Å². The second-order valence-electron chi connectivity index (χ2n) is 8.93. The van der Waals surface area contributed by atoms with Crippen molar-refractivity contribution in [1.29, 1.82) is 0 Å². The quantitative estimate of drug-likeness (QED) is 0.384. The van der Waals surface area contributed by atoms with Gasteiger partial charge in [-0.05, 0) is 50.4 Å². The summed E-state index contributed by atoms with van der Waals surface area (Å²) in [6.07, 6.45) is 11.6. The maximum Gasteiger partial charge on any atom is 0.309 e. The summed E-state index contributed by atoms with van der Waals surface area (Å²) in [5, 5.41) is 9.27. The van der Waals surface area contributed by atoms with Crippen LogP contribution >= 0.6 is 0 Å². The van der Waals surface area contributed by atoms with Crippen LogP contribution in [0.4, 0.5) is 0 Å². The van der Waals surface area contributed by atoms with Crippen LogP contribution in [-0.4, -0.2) is 23.1 Å². The summed E-state index contributed by atoms with van der Waals surface area (Å²) in [7, 11) is 0. The van der Waals surface area contributed by atoms with Gasteiger partial charge in [-0.25, -0.2) is 0 Å². The molecule has 4 heteroatoms. The summed E-state index contributed by atoms with van der Waals surface area (Å²) in [6.45, 7) is 8.90. The van der Waals surface area contributed by atoms with Gasteiger partial charge in [0.2, 0.25) is 0 Å². The van der Waals surface area contributed by atoms with Gasteiger partial charge in [0.05, 0.1) is 11.8 Å². The number of rotatable bonds is 13. The van der Waals surface area contributed by atoms with E-state index >= 15 is 0 Å². The van der Waals surface area contributed by atoms with Crippen LogP contribution in [0.1, 0.15) is 105 Å². The SMILES string of the molecule is CCCCC(CC)CC(CCCC(C)C)OC(=O)C1CCCC(C(=O)O)C1. The van der Waals surface area contributed by atoms with Gasteiger partial charge in [-0.15, -0.1) is 0 Å². The predicted octanol–water partition coefficient (Wildman–Crippen LogP) is 6.22. The van der Waals surface area contributed by atoms with Gasteiger partial charge >= 0.3 is 11.9 Å². The maximum atomic E-state index is 12.7. The molecular weight excluding hydrogens is 340 g/mol. The highest BCUT2D eigenvalue weighted by atomic mass is 16.5. The highest BCUT2D eigenvalue weighted by molar-refractivity contribution is 5.75. The monoisotopic (exact) mass is 382 g/mol. The van der Waals surface area contributed by atoms with E-state index in [0.29, 0.717) is 24.7 Å². The summed E-state index contributed by atoms with van der Waals surface area (Å²) in [5.41, 5.74) is 0. The molecule has 0 amide bonds. The van der Waals surface area contributed by atoms with Gasteiger partial charge in [0, 0.05) is 0 Å². The second-order valence-corrected chi connectivity index (χ2v) is 8.93. The number of carboxylic acids is 1. The average molecular weight is 383 g/mol. The van der Waals surface area contributed by atoms with Crippen LogP contribution in [0, 0.1) is 23.7 Å². The van der Waals surface area contributed by atoms with Gasteiger partial charge in [-0.2, -0.15) is 0 Å². The number of carbonyl (C=O) groups excluding carboxylic acids is 1. The molecule has 0 aromatic carbocycles. The number of aliphatic carboxylic acids is 1. The summed E-state index contributed by atoms with van der Waals surface area (Å²) < 4.78 is 5.98. The first kappa shape index (κ1) is 24.0. The molecule has 1 N–H and O–H groups in total. The first-order valence-electron chi connectivity index (χ1n) is 11.3. The average Bonchev–Trinajstić information content (AvgIpc) is 2.64. The van der Waals surface area contributed by atoms with Crippen molar-refractivity contribution in [3.8, 4) is 0 Å². The molecule has 4 nitrogen and oxygen atoms in total. The van der Waals surface area contributed by atoms with Crippen molar-refractivity contribution < 1.29 is 19.4 Å². The first-order valence-corrected chi connectivity index (χ1v) is 11.3. The Bertz CT molecular complexity index is 432. The summed E-state index contributed by atoms with van der Waals surface area (Å²) in [6, 6.07) is 0. The van der Waals surface area contributed by atoms with Crippen LogP contribution in [0.3, 0.4) is 0 Å². The Kier molecular flexibility index (Phi) is 11.7. The standard InChI is InChI=1S/C23H42O4/c1-5-7-11-18(6-2)15-21(14-8-10-17(3)4)27-23(26)20-13-9-12-19(16-20)22(24)25/h17-21H,5-16H2,1-4H3,(H,24,25). The minimum absolute atomic E-state index is 0.0109. The third kappa shape index (κ3) is 9.62. The Morgan fingerprint density at radius 2 is 1.74 bits per heavy atom. The largest absolute Gasteiger partial charge is 0.481 e. The van der Waals surface area contributed by atoms with Crippen LogP contribution in [0.25, 0.3) is 0 Å². The van der Waals surface area contributed by atoms with E-state index < -0.39 is 5.97 Å². The lowest BCUT2D eigenvalue weighted by Crippen LogP contribution is -2.31. The first-order chi connectivity index (χ1) is 12.9. The second kappa shape index (κ2) is 13.2. The molecule has 4 unspecified atom stereocenters. The number of hydrogen-bond acceptors (Lipinski definition) is 3. The van der Waals surface area contributed by atoms with E-state index in [4.69, 9.17) is 4.74 Å². The van der Waals surface area contributed by atoms with Gasteiger partial charge in [0.15, 0.2) is 0 Å². The molecule has 1 aliphatic rings. The van der Waals surface area contributed by atoms with Gasteiger partial charge < -0.3 is 9.84 Å². The molecule has 0 heterocycles. The van der Waals surface area contributed by atoms with E-state index in [2.05, 4.69) is 27.7 Å². The lowest BCUT2D eigenvalue weighted by Gasteiger charge is -2.29. The Labute approximate surface area is 166 Å². The van der Waals surface area contributed by atoms with E-state index in [9.17, 15) is 14.7 Å². The lowest BCUT2D eigenvalue weighted by molar-refractivity contribution is -0.158. The fourth-order valence-electron chi connectivity index (χ4n) is 4.22. The summed E-state index contributed by atoms with van der Waals surface area (Å²) in [4.78, 5) is 24.0. The lowest BCUT2D eigenvalue weighted by atomic mass is 9.81. The van der Waals surface area contributed by atoms with Crippen molar-refractivity contribution >= 4 is 11.9 Å². The van der Waals surface area contributed by atoms with Gasteiger partial charge in [-0.3, -0.25) is 9.59 Å². The van der Waals surface area contributed by atoms with E-state index in [1.165, 1.54) is 19.3 Å². The summed E-state index contributed by atoms with van der Waals surface area (Å²) in [5.74, 6) is -0.266. The van der Waals surface area contributed by atoms with Gasteiger partial charge in [0.25, 0.3) is 0 Å². The Hall–Kier alpha value is -1.06. The third-order valence-electron chi connectivity index (χ3n) is 6.09. The van der Waals surface area contributed by atoms with Crippen molar-refractivity contribution in [3.05, 3.63) is 0 Å². The van der Waals surface area contributed by atoms with Crippen LogP contribution < -0.4 is 0 Å². The number of esters is 1. The normalized spacial score (nSPS) is 22.4. The molecular formula is C23H42O4. The molecule has 27 heavy (non-hydrogen) atoms. The van der Waals surface area contributed by atoms with Crippen molar-refractivity contribution in [3.63, 3.8) is 0 Å². The molecule has 0 aromatic rings. The molecule has 158 valence electrons. The predicted molar refractivity (Wildman–Crippen MR) is 110 cm³/mol. The van der Waals surface area contributed by atoms with Gasteiger partial charge in [-0.1, -0.05) is 66.2 Å². The van der Waals surface area contributed by atoms with Crippen molar-refractivity contribution in [2.75, 3.05) is 0 Å². The Morgan fingerprint density at radius 1 is 1.04 bits per heavy atom. The topological polar surface area (TPSA) is 63.6 Å². The number of ether oxygens (including phenoxy) is 1. The molecule has 0 bridgehead atoms. The fraction of sp³-hybridized carbons (Fsp3) is 0.913. The zero-order chi connectivity index (χ0) is 20.2. The minimum Gasteiger partial charge on any atom is -0.481 e. The van der Waals surface area contributed by atoms with Crippen LogP contribution in [0.15, 0.2) is 0 Å².